The lowest BCUT2D eigenvalue weighted by Gasteiger charge is -2.18. The van der Waals surface area contributed by atoms with Crippen LogP contribution < -0.4 is 0 Å². The lowest BCUT2D eigenvalue weighted by molar-refractivity contribution is -0.167. The lowest BCUT2D eigenvalue weighted by atomic mass is 10.1. The topological polar surface area (TPSA) is 78.9 Å². The van der Waals surface area contributed by atoms with E-state index in [2.05, 4.69) is 203 Å². The highest BCUT2D eigenvalue weighted by atomic mass is 16.6. The summed E-state index contributed by atoms with van der Waals surface area (Å²) in [5, 5.41) is 0. The van der Waals surface area contributed by atoms with Gasteiger partial charge in [-0.15, -0.1) is 0 Å². The quantitative estimate of drug-likeness (QED) is 0.0261. The van der Waals surface area contributed by atoms with Gasteiger partial charge in [0.15, 0.2) is 6.10 Å². The average molecular weight is 1090 g/mol. The van der Waals surface area contributed by atoms with Gasteiger partial charge >= 0.3 is 17.9 Å². The van der Waals surface area contributed by atoms with E-state index in [4.69, 9.17) is 14.2 Å². The molecule has 6 heteroatoms. The normalized spacial score (nSPS) is 13.4. The SMILES string of the molecule is CC/C=C\C/C=C\C/C=C\C/C=C\C/C=C\C/C=C\C/C=C\CCCC(=O)OCC(COC(=O)CCCCCC/C=C\C/C=C\C/C=C\C/C=C\CC)OC(=O)CCCCCCCCCC/C=C\C/C=C\C/C=C\C/C=C\CC. The van der Waals surface area contributed by atoms with Crippen molar-refractivity contribution in [2.24, 2.45) is 0 Å². The Kier molecular flexibility index (Phi) is 60.5. The summed E-state index contributed by atoms with van der Waals surface area (Å²) in [6.07, 6.45) is 97.5. The van der Waals surface area contributed by atoms with E-state index in [1.54, 1.807) is 0 Å². The van der Waals surface area contributed by atoms with E-state index in [1.165, 1.54) is 25.7 Å². The number of carbonyl (C=O) groups is 3. The molecule has 0 radical (unpaired) electrons. The molecule has 0 N–H and O–H groups in total. The van der Waals surface area contributed by atoms with Gasteiger partial charge < -0.3 is 14.2 Å². The van der Waals surface area contributed by atoms with Gasteiger partial charge in [-0.25, -0.2) is 0 Å². The lowest BCUT2D eigenvalue weighted by Crippen LogP contribution is -2.30. The van der Waals surface area contributed by atoms with E-state index in [9.17, 15) is 14.4 Å². The molecule has 440 valence electrons. The summed E-state index contributed by atoms with van der Waals surface area (Å²) >= 11 is 0. The molecule has 0 spiro atoms. The highest BCUT2D eigenvalue weighted by Gasteiger charge is 2.19. The standard InChI is InChI=1S/C73H112O6/c1-4-7-10-13-16-19-22-25-28-31-33-35-36-38-39-42-45-48-51-54-57-60-63-66-72(75)78-69-70(68-77-71(74)65-62-59-56-53-50-47-44-41-30-27-24-21-18-15-12-9-6-3)79-73(76)67-64-61-58-55-52-49-46-43-40-37-34-32-29-26-23-20-17-14-11-8-5-2/h7-12,16-21,25-30,33-35,37-39,44-45,47-48,54,57,70H,4-6,13-15,22-24,31-32,36,40-43,46,49-53,55-56,58-69H2,1-3H3/b10-7-,11-8-,12-9-,19-16-,20-17-,21-18-,28-25-,29-26-,30-27-,35-33-,37-34-,39-38-,47-44-,48-45-,57-54-. The fraction of sp³-hybridized carbons (Fsp3) is 0.548. The van der Waals surface area contributed by atoms with Crippen LogP contribution in [0.25, 0.3) is 0 Å². The van der Waals surface area contributed by atoms with Crippen molar-refractivity contribution in [1.29, 1.82) is 0 Å². The van der Waals surface area contributed by atoms with Crippen molar-refractivity contribution in [3.63, 3.8) is 0 Å². The number of unbranched alkanes of at least 4 members (excludes halogenated alkanes) is 13. The molecular formula is C73H112O6. The van der Waals surface area contributed by atoms with Gasteiger partial charge in [0.25, 0.3) is 0 Å². The molecule has 0 heterocycles. The summed E-state index contributed by atoms with van der Waals surface area (Å²) < 4.78 is 16.8. The molecule has 79 heavy (non-hydrogen) atoms. The van der Waals surface area contributed by atoms with Crippen LogP contribution in [0.15, 0.2) is 182 Å². The summed E-state index contributed by atoms with van der Waals surface area (Å²) in [5.41, 5.74) is 0. The first-order valence-electron chi connectivity index (χ1n) is 31.3. The summed E-state index contributed by atoms with van der Waals surface area (Å²) in [5.74, 6) is -1.02. The minimum absolute atomic E-state index is 0.122. The van der Waals surface area contributed by atoms with Gasteiger partial charge in [-0.1, -0.05) is 254 Å². The number of esters is 3. The fourth-order valence-corrected chi connectivity index (χ4v) is 7.82. The molecule has 1 atom stereocenters. The van der Waals surface area contributed by atoms with Gasteiger partial charge in [-0.3, -0.25) is 14.4 Å². The van der Waals surface area contributed by atoms with Crippen LogP contribution >= 0.6 is 0 Å². The van der Waals surface area contributed by atoms with E-state index in [-0.39, 0.29) is 37.5 Å². The molecule has 0 amide bonds. The molecule has 0 saturated heterocycles. The monoisotopic (exact) mass is 1080 g/mol. The van der Waals surface area contributed by atoms with Crippen molar-refractivity contribution in [3.8, 4) is 0 Å². The summed E-state index contributed by atoms with van der Waals surface area (Å²) in [6.45, 7) is 6.21. The maximum Gasteiger partial charge on any atom is 0.306 e. The van der Waals surface area contributed by atoms with Crippen LogP contribution in [0.2, 0.25) is 0 Å². The van der Waals surface area contributed by atoms with E-state index >= 15 is 0 Å². The second kappa shape index (κ2) is 65.0. The average Bonchev–Trinajstić information content (AvgIpc) is 3.45. The number of rotatable bonds is 54. The highest BCUT2D eigenvalue weighted by molar-refractivity contribution is 5.71. The first kappa shape index (κ1) is 73.5. The Morgan fingerprint density at radius 2 is 0.468 bits per heavy atom. The number of ether oxygens (including phenoxy) is 3. The molecule has 0 aliphatic rings. The van der Waals surface area contributed by atoms with E-state index in [0.29, 0.717) is 19.3 Å². The predicted octanol–water partition coefficient (Wildman–Crippen LogP) is 21.7. The van der Waals surface area contributed by atoms with E-state index in [0.717, 1.165) is 167 Å². The molecular weight excluding hydrogens is 973 g/mol. The Labute approximate surface area is 484 Å². The second-order valence-electron chi connectivity index (χ2n) is 19.8. The molecule has 0 bridgehead atoms. The largest absolute Gasteiger partial charge is 0.462 e. The van der Waals surface area contributed by atoms with Gasteiger partial charge in [-0.2, -0.15) is 0 Å². The zero-order valence-electron chi connectivity index (χ0n) is 50.3. The van der Waals surface area contributed by atoms with Crippen molar-refractivity contribution in [2.45, 2.75) is 245 Å². The Bertz CT molecular complexity index is 1870. The fourth-order valence-electron chi connectivity index (χ4n) is 7.82. The van der Waals surface area contributed by atoms with Crippen molar-refractivity contribution in [3.05, 3.63) is 182 Å². The third-order valence-electron chi connectivity index (χ3n) is 12.4. The zero-order chi connectivity index (χ0) is 57.1. The van der Waals surface area contributed by atoms with Crippen LogP contribution in [0.1, 0.15) is 239 Å². The van der Waals surface area contributed by atoms with Gasteiger partial charge in [0.2, 0.25) is 0 Å². The Morgan fingerprint density at radius 3 is 0.759 bits per heavy atom. The van der Waals surface area contributed by atoms with Crippen molar-refractivity contribution >= 4 is 17.9 Å². The molecule has 0 aromatic carbocycles. The first-order valence-corrected chi connectivity index (χ1v) is 31.3. The van der Waals surface area contributed by atoms with Crippen LogP contribution in [0.4, 0.5) is 0 Å². The predicted molar refractivity (Wildman–Crippen MR) is 343 cm³/mol. The van der Waals surface area contributed by atoms with Gasteiger partial charge in [0, 0.05) is 19.3 Å². The Hall–Kier alpha value is -5.49. The third-order valence-corrected chi connectivity index (χ3v) is 12.4. The van der Waals surface area contributed by atoms with Gasteiger partial charge in [0.05, 0.1) is 0 Å². The Morgan fingerprint density at radius 1 is 0.253 bits per heavy atom. The molecule has 0 aliphatic carbocycles. The minimum Gasteiger partial charge on any atom is -0.462 e. The number of hydrogen-bond acceptors (Lipinski definition) is 6. The van der Waals surface area contributed by atoms with Crippen LogP contribution in [-0.2, 0) is 28.6 Å². The van der Waals surface area contributed by atoms with Crippen LogP contribution in [0.3, 0.4) is 0 Å². The van der Waals surface area contributed by atoms with Crippen LogP contribution in [0.5, 0.6) is 0 Å². The first-order chi connectivity index (χ1) is 39.0. The summed E-state index contributed by atoms with van der Waals surface area (Å²) in [4.78, 5) is 38.3. The number of allylic oxidation sites excluding steroid dienone is 30. The molecule has 0 aromatic heterocycles. The molecule has 0 saturated carbocycles. The maximum atomic E-state index is 12.9. The summed E-state index contributed by atoms with van der Waals surface area (Å²) in [6, 6.07) is 0. The van der Waals surface area contributed by atoms with Gasteiger partial charge in [-0.05, 0) is 148 Å². The molecule has 0 aromatic rings. The zero-order valence-corrected chi connectivity index (χ0v) is 50.3. The molecule has 0 rings (SSSR count). The number of hydrogen-bond donors (Lipinski definition) is 0. The van der Waals surface area contributed by atoms with Crippen molar-refractivity contribution in [2.75, 3.05) is 13.2 Å². The van der Waals surface area contributed by atoms with Crippen LogP contribution in [-0.4, -0.2) is 37.2 Å². The van der Waals surface area contributed by atoms with Crippen molar-refractivity contribution in [1.82, 2.24) is 0 Å². The number of carbonyl (C=O) groups excluding carboxylic acids is 3. The highest BCUT2D eigenvalue weighted by Crippen LogP contribution is 2.14. The molecule has 1 unspecified atom stereocenters. The third kappa shape index (κ3) is 63.2. The summed E-state index contributed by atoms with van der Waals surface area (Å²) in [7, 11) is 0. The Balaban J connectivity index is 4.58. The molecule has 0 fully saturated rings. The maximum absolute atomic E-state index is 12.9. The molecule has 6 nitrogen and oxygen atoms in total. The van der Waals surface area contributed by atoms with E-state index in [1.807, 2.05) is 0 Å². The van der Waals surface area contributed by atoms with E-state index < -0.39 is 6.10 Å². The smallest absolute Gasteiger partial charge is 0.306 e. The van der Waals surface area contributed by atoms with Crippen LogP contribution in [0, 0.1) is 0 Å². The van der Waals surface area contributed by atoms with Gasteiger partial charge in [0.1, 0.15) is 13.2 Å². The van der Waals surface area contributed by atoms with Crippen molar-refractivity contribution < 1.29 is 28.6 Å². The molecule has 0 aliphatic heterocycles. The second-order valence-corrected chi connectivity index (χ2v) is 19.8. The minimum atomic E-state index is -0.829.